The summed E-state index contributed by atoms with van der Waals surface area (Å²) in [5.41, 5.74) is 2.83. The van der Waals surface area contributed by atoms with E-state index in [4.69, 9.17) is 9.47 Å². The van der Waals surface area contributed by atoms with Gasteiger partial charge in [-0.2, -0.15) is 0 Å². The van der Waals surface area contributed by atoms with E-state index in [-0.39, 0.29) is 23.4 Å². The van der Waals surface area contributed by atoms with Gasteiger partial charge in [0.1, 0.15) is 11.9 Å². The highest BCUT2D eigenvalue weighted by molar-refractivity contribution is 5.70. The summed E-state index contributed by atoms with van der Waals surface area (Å²) in [5, 5.41) is 3.06. The van der Waals surface area contributed by atoms with Crippen LogP contribution in [0.4, 0.5) is 9.18 Å². The van der Waals surface area contributed by atoms with Gasteiger partial charge in [-0.15, -0.1) is 0 Å². The van der Waals surface area contributed by atoms with Crippen LogP contribution in [-0.2, 0) is 11.2 Å². The van der Waals surface area contributed by atoms with Crippen LogP contribution in [0.1, 0.15) is 43.9 Å². The average Bonchev–Trinajstić information content (AvgIpc) is 3.03. The number of piperidine rings is 3. The summed E-state index contributed by atoms with van der Waals surface area (Å²) in [4.78, 5) is 19.3. The van der Waals surface area contributed by atoms with Gasteiger partial charge in [0.15, 0.2) is 0 Å². The molecule has 4 aliphatic rings. The summed E-state index contributed by atoms with van der Waals surface area (Å²) in [7, 11) is 1.54. The minimum Gasteiger partial charge on any atom is -0.481 e. The second-order valence-corrected chi connectivity index (χ2v) is 9.94. The van der Waals surface area contributed by atoms with Crippen LogP contribution >= 0.6 is 0 Å². The molecule has 0 saturated carbocycles. The number of carbonyl (C=O) groups excluding carboxylic acids is 1. The van der Waals surface area contributed by atoms with Gasteiger partial charge < -0.3 is 14.8 Å². The highest BCUT2D eigenvalue weighted by Gasteiger charge is 2.42. The van der Waals surface area contributed by atoms with Gasteiger partial charge in [-0.1, -0.05) is 13.8 Å². The first-order chi connectivity index (χ1) is 15.3. The number of amides is 1. The maximum absolute atomic E-state index is 15.2. The monoisotopic (exact) mass is 439 g/mol. The van der Waals surface area contributed by atoms with Gasteiger partial charge in [-0.3, -0.25) is 4.90 Å². The molecule has 170 valence electrons. The highest BCUT2D eigenvalue weighted by atomic mass is 19.1. The van der Waals surface area contributed by atoms with Crippen LogP contribution in [0.15, 0.2) is 30.5 Å². The minimum atomic E-state index is -0.405. The normalized spacial score (nSPS) is 27.6. The molecule has 32 heavy (non-hydrogen) atoms. The van der Waals surface area contributed by atoms with Crippen molar-refractivity contribution in [1.29, 1.82) is 0 Å². The number of fused-ring (bicyclic) bond motifs is 4. The number of hydrogen-bond acceptors (Lipinski definition) is 5. The molecule has 2 aromatic rings. The summed E-state index contributed by atoms with van der Waals surface area (Å²) in [6, 6.07) is 6.65. The molecule has 7 heteroatoms. The summed E-state index contributed by atoms with van der Waals surface area (Å²) >= 11 is 0. The largest absolute Gasteiger partial charge is 0.481 e. The van der Waals surface area contributed by atoms with Crippen molar-refractivity contribution in [3.05, 3.63) is 47.4 Å². The minimum absolute atomic E-state index is 0.0535. The summed E-state index contributed by atoms with van der Waals surface area (Å²) < 4.78 is 26.2. The van der Waals surface area contributed by atoms with Crippen LogP contribution in [0.5, 0.6) is 5.88 Å². The van der Waals surface area contributed by atoms with E-state index >= 15 is 4.39 Å². The average molecular weight is 440 g/mol. The Balaban J connectivity index is 1.37. The van der Waals surface area contributed by atoms with E-state index in [0.29, 0.717) is 22.9 Å². The SMILES string of the molecule is COc1cc(-c2cc3c(cc2F)C(NC(=O)O[C@H]2CN4CCC2CC4)C(C)(C)C3)ccn1. The van der Waals surface area contributed by atoms with Gasteiger partial charge in [0.25, 0.3) is 0 Å². The van der Waals surface area contributed by atoms with Gasteiger partial charge >= 0.3 is 6.09 Å². The van der Waals surface area contributed by atoms with Gasteiger partial charge in [-0.05, 0) is 78.6 Å². The Hall–Kier alpha value is -2.67. The quantitative estimate of drug-likeness (QED) is 0.768. The van der Waals surface area contributed by atoms with Crippen molar-refractivity contribution in [3.8, 4) is 17.0 Å². The van der Waals surface area contributed by atoms with E-state index in [1.165, 1.54) is 0 Å². The van der Waals surface area contributed by atoms with E-state index < -0.39 is 6.09 Å². The Bertz CT molecular complexity index is 1030. The zero-order valence-electron chi connectivity index (χ0n) is 18.9. The third kappa shape index (κ3) is 3.83. The third-order valence-corrected chi connectivity index (χ3v) is 7.34. The number of halogens is 1. The van der Waals surface area contributed by atoms with Crippen molar-refractivity contribution in [1.82, 2.24) is 15.2 Å². The smallest absolute Gasteiger partial charge is 0.407 e. The molecular formula is C25H30FN3O3. The number of rotatable bonds is 4. The Morgan fingerprint density at radius 1 is 1.25 bits per heavy atom. The lowest BCUT2D eigenvalue weighted by atomic mass is 9.85. The molecule has 1 amide bonds. The maximum atomic E-state index is 15.2. The van der Waals surface area contributed by atoms with Crippen molar-refractivity contribution >= 4 is 6.09 Å². The number of hydrogen-bond donors (Lipinski definition) is 1. The Morgan fingerprint density at radius 3 is 2.72 bits per heavy atom. The highest BCUT2D eigenvalue weighted by Crippen LogP contribution is 2.47. The predicted molar refractivity (Wildman–Crippen MR) is 119 cm³/mol. The standard InChI is InChI=1S/C25H30FN3O3/c1-25(2)13-17-10-18(16-4-7-27-22(11-16)31-3)20(26)12-19(17)23(25)28-24(30)32-21-14-29-8-5-15(21)6-9-29/h4,7,10-12,15,21,23H,5-6,8-9,13-14H2,1-3H3,(H,28,30)/t21-,23?/m0/s1. The molecule has 2 bridgehead atoms. The number of nitrogens with one attached hydrogen (secondary N) is 1. The maximum Gasteiger partial charge on any atom is 0.407 e. The fourth-order valence-electron chi connectivity index (χ4n) is 5.59. The first-order valence-corrected chi connectivity index (χ1v) is 11.4. The molecule has 3 aliphatic heterocycles. The van der Waals surface area contributed by atoms with E-state index in [2.05, 4.69) is 29.0 Å². The zero-order chi connectivity index (χ0) is 22.5. The first kappa shape index (κ1) is 21.2. The number of benzene rings is 1. The Kier molecular flexibility index (Phi) is 5.32. The number of aromatic nitrogens is 1. The second kappa shape index (κ2) is 8.03. The van der Waals surface area contributed by atoms with Crippen molar-refractivity contribution in [2.24, 2.45) is 11.3 Å². The van der Waals surface area contributed by atoms with E-state index in [1.54, 1.807) is 31.5 Å². The molecular weight excluding hydrogens is 409 g/mol. The molecule has 1 aliphatic carbocycles. The topological polar surface area (TPSA) is 63.7 Å². The van der Waals surface area contributed by atoms with Crippen LogP contribution in [0.3, 0.4) is 0 Å². The summed E-state index contributed by atoms with van der Waals surface area (Å²) in [6.07, 6.45) is 4.06. The van der Waals surface area contributed by atoms with Crippen molar-refractivity contribution in [2.45, 2.75) is 45.3 Å². The second-order valence-electron chi connectivity index (χ2n) is 9.94. The fraction of sp³-hybridized carbons (Fsp3) is 0.520. The van der Waals surface area contributed by atoms with E-state index in [1.807, 2.05) is 6.07 Å². The molecule has 2 atom stereocenters. The molecule has 3 saturated heterocycles. The molecule has 1 unspecified atom stereocenters. The zero-order valence-corrected chi connectivity index (χ0v) is 18.9. The molecule has 1 N–H and O–H groups in total. The number of ether oxygens (including phenoxy) is 2. The predicted octanol–water partition coefficient (Wildman–Crippen LogP) is 4.34. The van der Waals surface area contributed by atoms with Crippen LogP contribution < -0.4 is 10.1 Å². The third-order valence-electron chi connectivity index (χ3n) is 7.34. The first-order valence-electron chi connectivity index (χ1n) is 11.4. The molecule has 3 fully saturated rings. The van der Waals surface area contributed by atoms with Gasteiger partial charge in [0, 0.05) is 24.4 Å². The van der Waals surface area contributed by atoms with Crippen molar-refractivity contribution in [2.75, 3.05) is 26.7 Å². The van der Waals surface area contributed by atoms with Crippen LogP contribution in [0, 0.1) is 17.2 Å². The molecule has 6 nitrogen and oxygen atoms in total. The number of carbonyl (C=O) groups is 1. The number of alkyl carbamates (subject to hydrolysis) is 1. The van der Waals surface area contributed by atoms with Gasteiger partial charge in [0.05, 0.1) is 13.2 Å². The molecule has 0 radical (unpaired) electrons. The van der Waals surface area contributed by atoms with Gasteiger partial charge in [-0.25, -0.2) is 14.2 Å². The summed E-state index contributed by atoms with van der Waals surface area (Å²) in [6.45, 7) is 7.20. The fourth-order valence-corrected chi connectivity index (χ4v) is 5.59. The summed E-state index contributed by atoms with van der Waals surface area (Å²) in [5.74, 6) is 0.567. The van der Waals surface area contributed by atoms with Crippen LogP contribution in [0.2, 0.25) is 0 Å². The number of methoxy groups -OCH3 is 1. The van der Waals surface area contributed by atoms with Crippen molar-refractivity contribution < 1.29 is 18.7 Å². The van der Waals surface area contributed by atoms with E-state index in [0.717, 1.165) is 50.0 Å². The Morgan fingerprint density at radius 2 is 2.03 bits per heavy atom. The lowest BCUT2D eigenvalue weighted by Gasteiger charge is -2.44. The van der Waals surface area contributed by atoms with Gasteiger partial charge in [0.2, 0.25) is 5.88 Å². The van der Waals surface area contributed by atoms with Crippen LogP contribution in [0.25, 0.3) is 11.1 Å². The van der Waals surface area contributed by atoms with Crippen LogP contribution in [-0.4, -0.2) is 48.8 Å². The van der Waals surface area contributed by atoms with E-state index in [9.17, 15) is 4.79 Å². The molecule has 4 heterocycles. The lowest BCUT2D eigenvalue weighted by molar-refractivity contribution is -0.0349. The number of nitrogens with zero attached hydrogens (tertiary/aromatic N) is 2. The molecule has 1 aromatic carbocycles. The lowest BCUT2D eigenvalue weighted by Crippen LogP contribution is -2.53. The Labute approximate surface area is 188 Å². The molecule has 1 aromatic heterocycles. The van der Waals surface area contributed by atoms with Crippen molar-refractivity contribution in [3.63, 3.8) is 0 Å². The number of pyridine rings is 1. The molecule has 6 rings (SSSR count). The molecule has 0 spiro atoms.